The highest BCUT2D eigenvalue weighted by molar-refractivity contribution is 6.01. The van der Waals surface area contributed by atoms with Gasteiger partial charge in [0, 0.05) is 20.0 Å². The third-order valence-corrected chi connectivity index (χ3v) is 2.30. The van der Waals surface area contributed by atoms with Crippen LogP contribution in [-0.2, 0) is 20.0 Å². The molecule has 4 heteroatoms. The number of carbonyl (C=O) groups excluding carboxylic acids is 1. The first kappa shape index (κ1) is 7.49. The van der Waals surface area contributed by atoms with E-state index in [0.717, 1.165) is 23.4 Å². The lowest BCUT2D eigenvalue weighted by molar-refractivity contribution is 0.0993. The number of rotatable bonds is 1. The van der Waals surface area contributed by atoms with Gasteiger partial charge in [0.1, 0.15) is 0 Å². The van der Waals surface area contributed by atoms with E-state index >= 15 is 0 Å². The van der Waals surface area contributed by atoms with Gasteiger partial charge in [-0.05, 0) is 6.42 Å². The third-order valence-electron chi connectivity index (χ3n) is 2.30. The normalized spacial score (nSPS) is 15.3. The monoisotopic (exact) mass is 165 g/mol. The van der Waals surface area contributed by atoms with Crippen LogP contribution in [0.25, 0.3) is 0 Å². The summed E-state index contributed by atoms with van der Waals surface area (Å²) < 4.78 is 1.71. The fourth-order valence-corrected chi connectivity index (χ4v) is 1.71. The minimum absolute atomic E-state index is 0.193. The summed E-state index contributed by atoms with van der Waals surface area (Å²) in [6.07, 6.45) is 1.38. The summed E-state index contributed by atoms with van der Waals surface area (Å²) in [6, 6.07) is 0. The summed E-state index contributed by atoms with van der Waals surface area (Å²) in [7, 11) is 1.83. The van der Waals surface area contributed by atoms with Crippen LogP contribution in [0.3, 0.4) is 0 Å². The highest BCUT2D eigenvalue weighted by Gasteiger charge is 2.26. The van der Waals surface area contributed by atoms with Crippen molar-refractivity contribution in [1.82, 2.24) is 9.78 Å². The molecule has 1 heterocycles. The first-order chi connectivity index (χ1) is 5.74. The first-order valence-corrected chi connectivity index (χ1v) is 4.02. The summed E-state index contributed by atoms with van der Waals surface area (Å²) in [4.78, 5) is 11.3. The van der Waals surface area contributed by atoms with Crippen molar-refractivity contribution in [2.75, 3.05) is 0 Å². The van der Waals surface area contributed by atoms with Crippen molar-refractivity contribution in [2.45, 2.75) is 19.4 Å². The van der Waals surface area contributed by atoms with E-state index in [-0.39, 0.29) is 5.78 Å². The lowest BCUT2D eigenvalue weighted by Gasteiger charge is -1.98. The van der Waals surface area contributed by atoms with E-state index in [1.165, 1.54) is 0 Å². The number of nitrogens with two attached hydrogens (primary N) is 1. The Bertz CT molecular complexity index is 340. The zero-order valence-corrected chi connectivity index (χ0v) is 7.00. The maximum atomic E-state index is 11.3. The molecule has 0 bridgehead atoms. The molecule has 12 heavy (non-hydrogen) atoms. The van der Waals surface area contributed by atoms with Crippen LogP contribution in [0.5, 0.6) is 0 Å². The number of nitrogens with zero attached hydrogens (tertiary/aromatic N) is 2. The van der Waals surface area contributed by atoms with Gasteiger partial charge in [0.2, 0.25) is 0 Å². The Balaban J connectivity index is 2.61. The highest BCUT2D eigenvalue weighted by atomic mass is 16.1. The fraction of sp³-hybridized carbons (Fsp3) is 0.500. The second kappa shape index (κ2) is 2.42. The van der Waals surface area contributed by atoms with Crippen LogP contribution in [0, 0.1) is 0 Å². The predicted octanol–water partition coefficient (Wildman–Crippen LogP) is 0.00770. The zero-order chi connectivity index (χ0) is 8.72. The minimum Gasteiger partial charge on any atom is -0.325 e. The number of aromatic nitrogens is 2. The summed E-state index contributed by atoms with van der Waals surface area (Å²) in [5.41, 5.74) is 8.08. The molecule has 0 saturated carbocycles. The Labute approximate surface area is 70.4 Å². The van der Waals surface area contributed by atoms with Crippen LogP contribution in [0.2, 0.25) is 0 Å². The summed E-state index contributed by atoms with van der Waals surface area (Å²) in [5, 5.41) is 4.23. The number of Topliss-reactive ketones (excluding diaryl/α,β-unsaturated/α-hetero) is 1. The number of aryl methyl sites for hydroxylation is 2. The smallest absolute Gasteiger partial charge is 0.167 e. The van der Waals surface area contributed by atoms with E-state index in [4.69, 9.17) is 5.73 Å². The topological polar surface area (TPSA) is 60.9 Å². The maximum Gasteiger partial charge on any atom is 0.167 e. The molecule has 0 atom stereocenters. The van der Waals surface area contributed by atoms with E-state index in [1.54, 1.807) is 4.68 Å². The number of hydrogen-bond acceptors (Lipinski definition) is 3. The fourth-order valence-electron chi connectivity index (χ4n) is 1.71. The average molecular weight is 165 g/mol. The Morgan fingerprint density at radius 3 is 3.00 bits per heavy atom. The van der Waals surface area contributed by atoms with Crippen LogP contribution in [0.4, 0.5) is 0 Å². The van der Waals surface area contributed by atoms with E-state index in [9.17, 15) is 4.79 Å². The van der Waals surface area contributed by atoms with Crippen LogP contribution in [0.1, 0.15) is 28.2 Å². The molecular weight excluding hydrogens is 154 g/mol. The maximum absolute atomic E-state index is 11.3. The van der Waals surface area contributed by atoms with Gasteiger partial charge in [0.15, 0.2) is 5.78 Å². The molecule has 1 aromatic heterocycles. The van der Waals surface area contributed by atoms with Crippen molar-refractivity contribution in [3.05, 3.63) is 17.0 Å². The Kier molecular flexibility index (Phi) is 1.51. The second-order valence-electron chi connectivity index (χ2n) is 3.02. The third kappa shape index (κ3) is 0.814. The predicted molar refractivity (Wildman–Crippen MR) is 43.8 cm³/mol. The van der Waals surface area contributed by atoms with E-state index in [2.05, 4.69) is 5.10 Å². The molecule has 0 aliphatic heterocycles. The largest absolute Gasteiger partial charge is 0.325 e. The van der Waals surface area contributed by atoms with Crippen molar-refractivity contribution in [2.24, 2.45) is 12.8 Å². The number of ketones is 1. The van der Waals surface area contributed by atoms with Gasteiger partial charge in [-0.3, -0.25) is 9.48 Å². The van der Waals surface area contributed by atoms with Gasteiger partial charge in [-0.15, -0.1) is 0 Å². The van der Waals surface area contributed by atoms with Gasteiger partial charge in [0.05, 0.1) is 17.0 Å². The highest BCUT2D eigenvalue weighted by Crippen LogP contribution is 2.23. The van der Waals surface area contributed by atoms with Gasteiger partial charge in [-0.2, -0.15) is 5.10 Å². The molecular formula is C8H11N3O. The summed E-state index contributed by atoms with van der Waals surface area (Å²) in [5.74, 6) is 0.193. The van der Waals surface area contributed by atoms with E-state index in [0.29, 0.717) is 13.0 Å². The molecule has 0 amide bonds. The molecule has 0 saturated heterocycles. The van der Waals surface area contributed by atoms with Crippen LogP contribution in [0.15, 0.2) is 0 Å². The Morgan fingerprint density at radius 2 is 2.33 bits per heavy atom. The molecule has 1 aliphatic rings. The number of carbonyl (C=O) groups is 1. The van der Waals surface area contributed by atoms with E-state index in [1.807, 2.05) is 7.05 Å². The lowest BCUT2D eigenvalue weighted by atomic mass is 10.2. The molecule has 4 nitrogen and oxygen atoms in total. The molecule has 64 valence electrons. The summed E-state index contributed by atoms with van der Waals surface area (Å²) in [6.45, 7) is 0.393. The summed E-state index contributed by atoms with van der Waals surface area (Å²) >= 11 is 0. The van der Waals surface area contributed by atoms with Gasteiger partial charge in [-0.25, -0.2) is 0 Å². The average Bonchev–Trinajstić information content (AvgIpc) is 2.52. The standard InChI is InChI=1S/C8H11N3O/c1-11-6(4-9)8-5(10-11)2-3-7(8)12/h2-4,9H2,1H3. The Hall–Kier alpha value is -1.16. The van der Waals surface area contributed by atoms with Crippen molar-refractivity contribution >= 4 is 5.78 Å². The van der Waals surface area contributed by atoms with Crippen LogP contribution < -0.4 is 5.73 Å². The molecule has 0 radical (unpaired) electrons. The van der Waals surface area contributed by atoms with Crippen molar-refractivity contribution in [3.8, 4) is 0 Å². The molecule has 1 aromatic rings. The van der Waals surface area contributed by atoms with Gasteiger partial charge >= 0.3 is 0 Å². The van der Waals surface area contributed by atoms with Gasteiger partial charge in [0.25, 0.3) is 0 Å². The van der Waals surface area contributed by atoms with Gasteiger partial charge < -0.3 is 5.73 Å². The van der Waals surface area contributed by atoms with Crippen molar-refractivity contribution in [3.63, 3.8) is 0 Å². The molecule has 0 aromatic carbocycles. The van der Waals surface area contributed by atoms with Crippen molar-refractivity contribution in [1.29, 1.82) is 0 Å². The second-order valence-corrected chi connectivity index (χ2v) is 3.02. The molecule has 1 aliphatic carbocycles. The molecule has 0 spiro atoms. The Morgan fingerprint density at radius 1 is 1.58 bits per heavy atom. The van der Waals surface area contributed by atoms with Crippen LogP contribution >= 0.6 is 0 Å². The molecule has 2 rings (SSSR count). The SMILES string of the molecule is Cn1nc2c(c1CN)C(=O)CC2. The first-order valence-electron chi connectivity index (χ1n) is 4.02. The van der Waals surface area contributed by atoms with Crippen LogP contribution in [-0.4, -0.2) is 15.6 Å². The number of hydrogen-bond donors (Lipinski definition) is 1. The lowest BCUT2D eigenvalue weighted by Crippen LogP contribution is -2.08. The van der Waals surface area contributed by atoms with Crippen molar-refractivity contribution < 1.29 is 4.79 Å². The zero-order valence-electron chi connectivity index (χ0n) is 7.00. The quantitative estimate of drug-likeness (QED) is 0.637. The number of fused-ring (bicyclic) bond motifs is 1. The molecule has 0 fully saturated rings. The van der Waals surface area contributed by atoms with Gasteiger partial charge in [-0.1, -0.05) is 0 Å². The molecule has 2 N–H and O–H groups in total. The van der Waals surface area contributed by atoms with E-state index < -0.39 is 0 Å². The minimum atomic E-state index is 0.193. The molecule has 0 unspecified atom stereocenters.